The van der Waals surface area contributed by atoms with Crippen LogP contribution in [0.1, 0.15) is 36.4 Å². The minimum Gasteiger partial charge on any atom is -0.395 e. The first kappa shape index (κ1) is 22.6. The highest BCUT2D eigenvalue weighted by molar-refractivity contribution is 5.93. The number of hydrogen-bond donors (Lipinski definition) is 4. The summed E-state index contributed by atoms with van der Waals surface area (Å²) in [4.78, 5) is 19.4. The van der Waals surface area contributed by atoms with Crippen molar-refractivity contribution < 1.29 is 14.3 Å². The molecule has 1 aliphatic carbocycles. The average molecular weight is 464 g/mol. The average Bonchev–Trinajstić information content (AvgIpc) is 3.22. The largest absolute Gasteiger partial charge is 0.395 e. The molecule has 7 nitrogen and oxygen atoms in total. The second kappa shape index (κ2) is 9.95. The number of pyridine rings is 1. The molecule has 1 fully saturated rings. The first-order valence-corrected chi connectivity index (χ1v) is 11.9. The molecule has 2 aromatic carbocycles. The molecule has 8 heteroatoms. The molecule has 3 aromatic rings. The molecule has 0 radical (unpaired) electrons. The van der Waals surface area contributed by atoms with Crippen LogP contribution in [0.25, 0.3) is 10.9 Å². The van der Waals surface area contributed by atoms with Gasteiger partial charge in [-0.15, -0.1) is 0 Å². The van der Waals surface area contributed by atoms with Crippen molar-refractivity contribution in [2.45, 2.75) is 37.8 Å². The van der Waals surface area contributed by atoms with Crippen molar-refractivity contribution in [2.24, 2.45) is 0 Å². The van der Waals surface area contributed by atoms with Crippen molar-refractivity contribution >= 4 is 28.4 Å². The van der Waals surface area contributed by atoms with Crippen molar-refractivity contribution in [1.29, 1.82) is 0 Å². The fourth-order valence-electron chi connectivity index (χ4n) is 4.99. The lowest BCUT2D eigenvalue weighted by Gasteiger charge is -2.31. The molecular weight excluding hydrogens is 433 g/mol. The van der Waals surface area contributed by atoms with Gasteiger partial charge in [0.25, 0.3) is 0 Å². The molecule has 2 amide bonds. The van der Waals surface area contributed by atoms with E-state index in [4.69, 9.17) is 10.1 Å². The Bertz CT molecular complexity index is 1180. The molecule has 1 aliphatic heterocycles. The third-order valence-corrected chi connectivity index (χ3v) is 6.79. The number of aryl methyl sites for hydroxylation is 1. The lowest BCUT2D eigenvalue weighted by molar-refractivity contribution is 0.158. The number of piperidine rings is 1. The molecule has 1 saturated heterocycles. The highest BCUT2D eigenvalue weighted by atomic mass is 19.1. The van der Waals surface area contributed by atoms with Crippen LogP contribution in [0.4, 0.5) is 20.7 Å². The van der Waals surface area contributed by atoms with Gasteiger partial charge in [-0.1, -0.05) is 6.07 Å². The Kier molecular flexibility index (Phi) is 6.60. The lowest BCUT2D eigenvalue weighted by Crippen LogP contribution is -2.46. The van der Waals surface area contributed by atoms with Gasteiger partial charge < -0.3 is 26.0 Å². The number of fused-ring (bicyclic) bond motifs is 2. The van der Waals surface area contributed by atoms with E-state index in [-0.39, 0.29) is 30.5 Å². The Balaban J connectivity index is 1.19. The van der Waals surface area contributed by atoms with Crippen LogP contribution in [0.15, 0.2) is 48.5 Å². The van der Waals surface area contributed by atoms with E-state index < -0.39 is 0 Å². The topological polar surface area (TPSA) is 89.5 Å². The monoisotopic (exact) mass is 463 g/mol. The van der Waals surface area contributed by atoms with E-state index in [2.05, 4.69) is 20.9 Å². The summed E-state index contributed by atoms with van der Waals surface area (Å²) in [5.41, 5.74) is 3.75. The van der Waals surface area contributed by atoms with Gasteiger partial charge in [0.15, 0.2) is 0 Å². The molecule has 5 rings (SSSR count). The third kappa shape index (κ3) is 5.13. The Hall–Kier alpha value is -3.23. The number of β-amino-alcohol motifs (C(OH)–C–C–N with tert-alkyl or cyclic N) is 1. The summed E-state index contributed by atoms with van der Waals surface area (Å²) in [5, 5.41) is 19.5. The number of aromatic nitrogens is 1. The number of benzene rings is 2. The maximum atomic E-state index is 13.5. The molecule has 1 aromatic heterocycles. The van der Waals surface area contributed by atoms with Gasteiger partial charge in [0.2, 0.25) is 0 Å². The highest BCUT2D eigenvalue weighted by Crippen LogP contribution is 2.34. The number of urea groups is 1. The third-order valence-electron chi connectivity index (χ3n) is 6.79. The number of carbonyl (C=O) groups is 1. The van der Waals surface area contributed by atoms with E-state index in [0.717, 1.165) is 72.3 Å². The van der Waals surface area contributed by atoms with Gasteiger partial charge in [-0.25, -0.2) is 14.2 Å². The van der Waals surface area contributed by atoms with Gasteiger partial charge >= 0.3 is 6.03 Å². The van der Waals surface area contributed by atoms with E-state index in [1.165, 1.54) is 6.07 Å². The summed E-state index contributed by atoms with van der Waals surface area (Å²) in [6.07, 6.45) is 3.53. The number of aliphatic hydroxyl groups excluding tert-OH is 1. The smallest absolute Gasteiger partial charge is 0.319 e. The number of carbonyl (C=O) groups excluding carboxylic acids is 1. The number of nitrogens with one attached hydrogen (secondary N) is 3. The van der Waals surface area contributed by atoms with Crippen molar-refractivity contribution in [3.05, 3.63) is 65.5 Å². The number of amides is 2. The van der Waals surface area contributed by atoms with Gasteiger partial charge in [-0.3, -0.25) is 0 Å². The minimum atomic E-state index is -0.206. The summed E-state index contributed by atoms with van der Waals surface area (Å²) >= 11 is 0. The minimum absolute atomic E-state index is 0.126. The van der Waals surface area contributed by atoms with Gasteiger partial charge in [0.05, 0.1) is 18.2 Å². The van der Waals surface area contributed by atoms with E-state index in [1.54, 1.807) is 6.07 Å². The van der Waals surface area contributed by atoms with Crippen LogP contribution in [0, 0.1) is 5.82 Å². The summed E-state index contributed by atoms with van der Waals surface area (Å²) in [7, 11) is 0. The van der Waals surface area contributed by atoms with Gasteiger partial charge in [-0.2, -0.15) is 0 Å². The molecule has 178 valence electrons. The molecular formula is C26H30FN5O2. The number of halogens is 1. The van der Waals surface area contributed by atoms with Crippen molar-refractivity contribution in [2.75, 3.05) is 36.9 Å². The van der Waals surface area contributed by atoms with Gasteiger partial charge in [0, 0.05) is 36.7 Å². The van der Waals surface area contributed by atoms with Crippen LogP contribution >= 0.6 is 0 Å². The van der Waals surface area contributed by atoms with E-state index in [9.17, 15) is 9.18 Å². The molecule has 34 heavy (non-hydrogen) atoms. The number of likely N-dealkylation sites (tertiary alicyclic amines) is 1. The van der Waals surface area contributed by atoms with Crippen molar-refractivity contribution in [1.82, 2.24) is 15.2 Å². The standard InChI is InChI=1S/C26H30FN5O2/c27-19-3-5-22-17(15-19)1-6-24(22)31-25-8-2-18-16-21(4-7-23(18)30-25)29-26(34)28-20-9-11-32(12-10-20)13-14-33/h2-5,7-8,15-16,20,24,33H,1,6,9-14H2,(H,30,31)(H2,28,29,34). The quantitative estimate of drug-likeness (QED) is 0.443. The van der Waals surface area contributed by atoms with E-state index >= 15 is 0 Å². The summed E-state index contributed by atoms with van der Waals surface area (Å²) in [6.45, 7) is 2.62. The molecule has 2 aliphatic rings. The van der Waals surface area contributed by atoms with Crippen molar-refractivity contribution in [3.63, 3.8) is 0 Å². The number of anilines is 2. The zero-order valence-corrected chi connectivity index (χ0v) is 19.1. The fraction of sp³-hybridized carbons (Fsp3) is 0.385. The second-order valence-corrected chi connectivity index (χ2v) is 9.12. The molecule has 0 spiro atoms. The van der Waals surface area contributed by atoms with Crippen LogP contribution in [-0.4, -0.2) is 53.3 Å². The Morgan fingerprint density at radius 3 is 2.76 bits per heavy atom. The number of nitrogens with zero attached hydrogens (tertiary/aromatic N) is 2. The molecule has 1 atom stereocenters. The Morgan fingerprint density at radius 1 is 1.09 bits per heavy atom. The first-order chi connectivity index (χ1) is 16.6. The molecule has 1 unspecified atom stereocenters. The van der Waals surface area contributed by atoms with Gasteiger partial charge in [0.1, 0.15) is 11.6 Å². The lowest BCUT2D eigenvalue weighted by atomic mass is 10.1. The SMILES string of the molecule is O=C(Nc1ccc2nc(NC3CCc4cc(F)ccc43)ccc2c1)NC1CCN(CCO)CC1. The number of hydrogen-bond acceptors (Lipinski definition) is 5. The Labute approximate surface area is 198 Å². The Morgan fingerprint density at radius 2 is 1.94 bits per heavy atom. The van der Waals surface area contributed by atoms with Crippen LogP contribution in [0.5, 0.6) is 0 Å². The fourth-order valence-corrected chi connectivity index (χ4v) is 4.99. The van der Waals surface area contributed by atoms with Crippen LogP contribution in [0.2, 0.25) is 0 Å². The number of aliphatic hydroxyl groups is 1. The summed E-state index contributed by atoms with van der Waals surface area (Å²) in [5.74, 6) is 0.588. The molecule has 2 heterocycles. The molecule has 0 saturated carbocycles. The zero-order valence-electron chi connectivity index (χ0n) is 19.1. The van der Waals surface area contributed by atoms with Crippen molar-refractivity contribution in [3.8, 4) is 0 Å². The predicted molar refractivity (Wildman–Crippen MR) is 132 cm³/mol. The summed E-state index contributed by atoms with van der Waals surface area (Å²) in [6, 6.07) is 14.7. The summed E-state index contributed by atoms with van der Waals surface area (Å²) < 4.78 is 13.5. The van der Waals surface area contributed by atoms with Gasteiger partial charge in [-0.05, 0) is 79.3 Å². The van der Waals surface area contributed by atoms with Crippen LogP contribution in [-0.2, 0) is 6.42 Å². The van der Waals surface area contributed by atoms with Crippen LogP contribution < -0.4 is 16.0 Å². The number of rotatable bonds is 6. The normalized spacial score (nSPS) is 18.6. The van der Waals surface area contributed by atoms with Crippen LogP contribution in [0.3, 0.4) is 0 Å². The predicted octanol–water partition coefficient (Wildman–Crippen LogP) is 4.05. The highest BCUT2D eigenvalue weighted by Gasteiger charge is 2.23. The molecule has 4 N–H and O–H groups in total. The van der Waals surface area contributed by atoms with E-state index in [0.29, 0.717) is 6.54 Å². The molecule has 0 bridgehead atoms. The first-order valence-electron chi connectivity index (χ1n) is 11.9. The maximum Gasteiger partial charge on any atom is 0.319 e. The second-order valence-electron chi connectivity index (χ2n) is 9.12. The maximum absolute atomic E-state index is 13.5. The zero-order chi connectivity index (χ0) is 23.5. The van der Waals surface area contributed by atoms with E-state index in [1.807, 2.05) is 36.4 Å².